The summed E-state index contributed by atoms with van der Waals surface area (Å²) in [5.74, 6) is -0.238. The Bertz CT molecular complexity index is 927. The van der Waals surface area contributed by atoms with Crippen LogP contribution < -0.4 is 10.1 Å². The second-order valence-electron chi connectivity index (χ2n) is 6.61. The van der Waals surface area contributed by atoms with Gasteiger partial charge in [0.2, 0.25) is 5.82 Å². The molecule has 29 heavy (non-hydrogen) atoms. The Morgan fingerprint density at radius 3 is 2.72 bits per heavy atom. The van der Waals surface area contributed by atoms with Crippen LogP contribution in [0, 0.1) is 0 Å². The van der Waals surface area contributed by atoms with E-state index in [0.717, 1.165) is 4.90 Å². The number of imide groups is 1. The number of para-hydroxylation sites is 1. The van der Waals surface area contributed by atoms with Gasteiger partial charge in [0.1, 0.15) is 17.8 Å². The molecule has 1 N–H and O–H groups in total. The average molecular weight is 402 g/mol. The van der Waals surface area contributed by atoms with Crippen LogP contribution in [-0.2, 0) is 20.9 Å². The van der Waals surface area contributed by atoms with Gasteiger partial charge in [-0.1, -0.05) is 24.2 Å². The maximum Gasteiger partial charge on any atom is 0.326 e. The van der Waals surface area contributed by atoms with E-state index in [1.807, 2.05) is 19.1 Å². The highest BCUT2D eigenvalue weighted by molar-refractivity contribution is 6.08. The first-order valence-corrected chi connectivity index (χ1v) is 9.22. The van der Waals surface area contributed by atoms with Gasteiger partial charge in [-0.3, -0.25) is 14.5 Å². The molecular formula is C19H22N4O6. The second kappa shape index (κ2) is 8.29. The molecule has 1 saturated heterocycles. The van der Waals surface area contributed by atoms with E-state index in [4.69, 9.17) is 14.0 Å². The van der Waals surface area contributed by atoms with Crippen molar-refractivity contribution < 1.29 is 28.4 Å². The smallest absolute Gasteiger partial charge is 0.326 e. The molecule has 1 atom stereocenters. The van der Waals surface area contributed by atoms with Gasteiger partial charge in [-0.15, -0.1) is 0 Å². The molecule has 2 aromatic rings. The van der Waals surface area contributed by atoms with E-state index >= 15 is 0 Å². The molecule has 0 bridgehead atoms. The lowest BCUT2D eigenvalue weighted by molar-refractivity contribution is -0.149. The molecule has 0 saturated carbocycles. The van der Waals surface area contributed by atoms with E-state index in [1.165, 1.54) is 0 Å². The van der Waals surface area contributed by atoms with E-state index in [-0.39, 0.29) is 12.5 Å². The van der Waals surface area contributed by atoms with E-state index < -0.39 is 30.0 Å². The number of carbonyl (C=O) groups is 3. The van der Waals surface area contributed by atoms with Crippen LogP contribution >= 0.6 is 0 Å². The number of benzene rings is 1. The molecule has 1 aromatic carbocycles. The molecule has 154 valence electrons. The van der Waals surface area contributed by atoms with Crippen LogP contribution in [0.2, 0.25) is 0 Å². The summed E-state index contributed by atoms with van der Waals surface area (Å²) < 4.78 is 15.7. The van der Waals surface area contributed by atoms with Gasteiger partial charge < -0.3 is 19.3 Å². The number of rotatable bonds is 8. The largest absolute Gasteiger partial charge is 0.493 e. The number of nitrogens with zero attached hydrogens (tertiary/aromatic N) is 3. The van der Waals surface area contributed by atoms with E-state index in [2.05, 4.69) is 15.5 Å². The predicted octanol–water partition coefficient (Wildman–Crippen LogP) is 1.90. The average Bonchev–Trinajstić information content (AvgIpc) is 3.26. The number of hydrogen-bond acceptors (Lipinski definition) is 8. The van der Waals surface area contributed by atoms with Crippen molar-refractivity contribution in [2.75, 3.05) is 13.2 Å². The molecule has 2 heterocycles. The maximum absolute atomic E-state index is 12.3. The minimum Gasteiger partial charge on any atom is -0.493 e. The van der Waals surface area contributed by atoms with E-state index in [9.17, 15) is 14.4 Å². The molecule has 3 amide bonds. The summed E-state index contributed by atoms with van der Waals surface area (Å²) in [5.41, 5.74) is -0.360. The van der Waals surface area contributed by atoms with Crippen molar-refractivity contribution in [1.29, 1.82) is 0 Å². The van der Waals surface area contributed by atoms with Crippen molar-refractivity contribution in [2.45, 2.75) is 39.3 Å². The van der Waals surface area contributed by atoms with Crippen LogP contribution in [0.3, 0.4) is 0 Å². The number of amides is 3. The van der Waals surface area contributed by atoms with Crippen LogP contribution in [0.25, 0.3) is 11.4 Å². The summed E-state index contributed by atoms with van der Waals surface area (Å²) in [5, 5.41) is 6.45. The molecular weight excluding hydrogens is 380 g/mol. The lowest BCUT2D eigenvalue weighted by Gasteiger charge is -2.18. The molecule has 1 aliphatic heterocycles. The number of ether oxygens (including phenoxy) is 2. The predicted molar refractivity (Wildman–Crippen MR) is 99.6 cm³/mol. The van der Waals surface area contributed by atoms with Crippen molar-refractivity contribution in [3.8, 4) is 17.1 Å². The topological polar surface area (TPSA) is 124 Å². The number of urea groups is 1. The van der Waals surface area contributed by atoms with Gasteiger partial charge in [-0.05, 0) is 32.4 Å². The molecule has 10 heteroatoms. The molecule has 1 unspecified atom stereocenters. The number of hydrogen-bond donors (Lipinski definition) is 1. The zero-order valence-corrected chi connectivity index (χ0v) is 16.4. The first-order chi connectivity index (χ1) is 13.9. The highest BCUT2D eigenvalue weighted by atomic mass is 16.6. The zero-order valence-electron chi connectivity index (χ0n) is 16.4. The Labute approximate surface area is 167 Å². The van der Waals surface area contributed by atoms with Crippen LogP contribution in [-0.4, -0.2) is 51.6 Å². The van der Waals surface area contributed by atoms with Gasteiger partial charge >= 0.3 is 12.0 Å². The lowest BCUT2D eigenvalue weighted by Crippen LogP contribution is -2.43. The highest BCUT2D eigenvalue weighted by Crippen LogP contribution is 2.27. The summed E-state index contributed by atoms with van der Waals surface area (Å²) in [7, 11) is 0. The minimum absolute atomic E-state index is 0.0789. The normalized spacial score (nSPS) is 18.7. The molecule has 0 aliphatic carbocycles. The monoisotopic (exact) mass is 402 g/mol. The number of carbonyl (C=O) groups excluding carboxylic acids is 3. The van der Waals surface area contributed by atoms with Crippen LogP contribution in [0.4, 0.5) is 4.79 Å². The van der Waals surface area contributed by atoms with Gasteiger partial charge in [-0.25, -0.2) is 4.79 Å². The van der Waals surface area contributed by atoms with Crippen molar-refractivity contribution in [3.63, 3.8) is 0 Å². The summed E-state index contributed by atoms with van der Waals surface area (Å²) in [6.45, 7) is 4.97. The molecule has 1 aromatic heterocycles. The fourth-order valence-corrected chi connectivity index (χ4v) is 2.80. The maximum atomic E-state index is 12.3. The highest BCUT2D eigenvalue weighted by Gasteiger charge is 2.47. The number of nitrogens with one attached hydrogen (secondary N) is 1. The molecule has 10 nitrogen and oxygen atoms in total. The van der Waals surface area contributed by atoms with Crippen molar-refractivity contribution in [3.05, 3.63) is 30.2 Å². The van der Waals surface area contributed by atoms with Gasteiger partial charge in [0.25, 0.3) is 11.8 Å². The van der Waals surface area contributed by atoms with Crippen LogP contribution in [0.1, 0.15) is 33.1 Å². The lowest BCUT2D eigenvalue weighted by atomic mass is 9.99. The fraction of sp³-hybridized carbons (Fsp3) is 0.421. The SMILES string of the molecule is CCOc1ccccc1-c1noc(COC(=O)CN2C(=O)NC(C)(CC)C2=O)n1. The Kier molecular flexibility index (Phi) is 5.81. The van der Waals surface area contributed by atoms with Crippen LogP contribution in [0.5, 0.6) is 5.75 Å². The van der Waals surface area contributed by atoms with E-state index in [0.29, 0.717) is 30.2 Å². The van der Waals surface area contributed by atoms with Crippen LogP contribution in [0.15, 0.2) is 28.8 Å². The van der Waals surface area contributed by atoms with Gasteiger partial charge in [0.05, 0.1) is 12.2 Å². The second-order valence-corrected chi connectivity index (χ2v) is 6.61. The number of aromatic nitrogens is 2. The first kappa shape index (κ1) is 20.3. The van der Waals surface area contributed by atoms with Crippen molar-refractivity contribution in [1.82, 2.24) is 20.4 Å². The molecule has 0 radical (unpaired) electrons. The quantitative estimate of drug-likeness (QED) is 0.524. The Morgan fingerprint density at radius 1 is 1.28 bits per heavy atom. The number of esters is 1. The van der Waals surface area contributed by atoms with Gasteiger partial charge in [0, 0.05) is 0 Å². The Morgan fingerprint density at radius 2 is 2.03 bits per heavy atom. The van der Waals surface area contributed by atoms with E-state index in [1.54, 1.807) is 26.0 Å². The summed E-state index contributed by atoms with van der Waals surface area (Å²) in [6, 6.07) is 6.60. The molecule has 1 fully saturated rings. The summed E-state index contributed by atoms with van der Waals surface area (Å²) in [6.07, 6.45) is 0.414. The standard InChI is InChI=1S/C19H22N4O6/c1-4-19(3)17(25)23(18(26)21-19)10-15(24)28-11-14-20-16(22-29-14)12-8-6-7-9-13(12)27-5-2/h6-9H,4-5,10-11H2,1-3H3,(H,21,26). The molecule has 3 rings (SSSR count). The summed E-state index contributed by atoms with van der Waals surface area (Å²) >= 11 is 0. The van der Waals surface area contributed by atoms with Crippen molar-refractivity contribution in [2.24, 2.45) is 0 Å². The third-order valence-electron chi connectivity index (χ3n) is 4.59. The third kappa shape index (κ3) is 4.20. The third-order valence-corrected chi connectivity index (χ3v) is 4.59. The Hall–Kier alpha value is -3.43. The minimum atomic E-state index is -1.01. The molecule has 0 spiro atoms. The molecule has 1 aliphatic rings. The first-order valence-electron chi connectivity index (χ1n) is 9.22. The van der Waals surface area contributed by atoms with Gasteiger partial charge in [-0.2, -0.15) is 4.98 Å². The summed E-state index contributed by atoms with van der Waals surface area (Å²) in [4.78, 5) is 41.4. The Balaban J connectivity index is 1.60. The zero-order chi connectivity index (χ0) is 21.0. The fourth-order valence-electron chi connectivity index (χ4n) is 2.80. The van der Waals surface area contributed by atoms with Gasteiger partial charge in [0.15, 0.2) is 6.61 Å². The van der Waals surface area contributed by atoms with Crippen molar-refractivity contribution >= 4 is 17.9 Å².